The van der Waals surface area contributed by atoms with Gasteiger partial charge in [0.25, 0.3) is 0 Å². The fourth-order valence-corrected chi connectivity index (χ4v) is 7.52. The maximum atomic E-state index is 11.9. The average molecular weight is 332 g/mol. The quantitative estimate of drug-likeness (QED) is 0.773. The topological polar surface area (TPSA) is 57.5 Å². The van der Waals surface area contributed by atoms with E-state index >= 15 is 0 Å². The lowest BCUT2D eigenvalue weighted by Gasteiger charge is -2.60. The van der Waals surface area contributed by atoms with E-state index < -0.39 is 0 Å². The van der Waals surface area contributed by atoms with E-state index in [0.29, 0.717) is 24.2 Å². The Hall–Kier alpha value is -0.670. The first-order valence-corrected chi connectivity index (χ1v) is 9.87. The zero-order chi connectivity index (χ0) is 17.3. The van der Waals surface area contributed by atoms with E-state index in [1.165, 1.54) is 12.0 Å². The predicted molar refractivity (Wildman–Crippen MR) is 93.3 cm³/mol. The first-order valence-electron chi connectivity index (χ1n) is 9.87. The lowest BCUT2D eigenvalue weighted by Crippen LogP contribution is -2.57. The van der Waals surface area contributed by atoms with Crippen LogP contribution < -0.4 is 0 Å². The second kappa shape index (κ2) is 5.41. The Morgan fingerprint density at radius 2 is 1.96 bits per heavy atom. The number of aliphatic hydroxyl groups excluding tert-OH is 2. The summed E-state index contributed by atoms with van der Waals surface area (Å²) in [5, 5.41) is 21.5. The molecule has 0 aliphatic heterocycles. The molecule has 0 aromatic carbocycles. The maximum absolute atomic E-state index is 11.9. The Morgan fingerprint density at radius 1 is 1.21 bits per heavy atom. The Bertz CT molecular complexity index is 580. The van der Waals surface area contributed by atoms with Gasteiger partial charge in [0.15, 0.2) is 5.78 Å². The zero-order valence-electron chi connectivity index (χ0n) is 15.3. The van der Waals surface area contributed by atoms with Gasteiger partial charge in [0.05, 0.1) is 12.2 Å². The van der Waals surface area contributed by atoms with Crippen molar-refractivity contribution in [3.05, 3.63) is 11.6 Å². The number of hydrogen-bond acceptors (Lipinski definition) is 3. The predicted octanol–water partition coefficient (Wildman–Crippen LogP) is 3.49. The summed E-state index contributed by atoms with van der Waals surface area (Å²) < 4.78 is 0. The van der Waals surface area contributed by atoms with Gasteiger partial charge >= 0.3 is 0 Å². The van der Waals surface area contributed by atoms with E-state index in [-0.39, 0.29) is 34.7 Å². The van der Waals surface area contributed by atoms with E-state index in [4.69, 9.17) is 0 Å². The number of rotatable bonds is 1. The number of ketones is 1. The molecule has 0 amide bonds. The van der Waals surface area contributed by atoms with Gasteiger partial charge in [0, 0.05) is 6.42 Å². The molecule has 4 aliphatic rings. The lowest BCUT2D eigenvalue weighted by atomic mass is 9.46. The van der Waals surface area contributed by atoms with Gasteiger partial charge in [-0.15, -0.1) is 0 Å². The molecular formula is C21H32O3. The van der Waals surface area contributed by atoms with Crippen LogP contribution in [0.3, 0.4) is 0 Å². The van der Waals surface area contributed by atoms with Crippen molar-refractivity contribution < 1.29 is 15.0 Å². The molecule has 0 spiro atoms. The van der Waals surface area contributed by atoms with Gasteiger partial charge in [0.1, 0.15) is 0 Å². The van der Waals surface area contributed by atoms with E-state index in [1.54, 1.807) is 0 Å². The minimum Gasteiger partial charge on any atom is -0.393 e. The molecule has 0 aromatic rings. The van der Waals surface area contributed by atoms with Crippen LogP contribution >= 0.6 is 0 Å². The fraction of sp³-hybridized carbons (Fsp3) is 0.857. The molecule has 3 heteroatoms. The lowest BCUT2D eigenvalue weighted by molar-refractivity contribution is -0.140. The molecule has 0 bridgehead atoms. The summed E-state index contributed by atoms with van der Waals surface area (Å²) in [6.07, 6.45) is 8.04. The van der Waals surface area contributed by atoms with Crippen molar-refractivity contribution >= 4 is 5.78 Å². The Labute approximate surface area is 145 Å². The fourth-order valence-electron chi connectivity index (χ4n) is 7.52. The molecule has 0 radical (unpaired) electrons. The molecular weight excluding hydrogens is 300 g/mol. The van der Waals surface area contributed by atoms with Gasteiger partial charge in [-0.25, -0.2) is 0 Å². The molecule has 0 saturated heterocycles. The number of fused-ring (bicyclic) bond motifs is 5. The van der Waals surface area contributed by atoms with Crippen LogP contribution in [0.5, 0.6) is 0 Å². The van der Waals surface area contributed by atoms with Crippen LogP contribution in [-0.2, 0) is 4.79 Å². The molecule has 4 aliphatic carbocycles. The number of allylic oxidation sites excluding steroid dienone is 1. The van der Waals surface area contributed by atoms with Crippen LogP contribution in [0.2, 0.25) is 0 Å². The summed E-state index contributed by atoms with van der Waals surface area (Å²) in [6.45, 7) is 6.54. The minimum atomic E-state index is -0.308. The van der Waals surface area contributed by atoms with E-state index in [0.717, 1.165) is 32.1 Å². The summed E-state index contributed by atoms with van der Waals surface area (Å²) in [6, 6.07) is 0. The van der Waals surface area contributed by atoms with Crippen LogP contribution in [0, 0.1) is 34.5 Å². The van der Waals surface area contributed by atoms with Gasteiger partial charge in [-0.05, 0) is 86.0 Å². The first kappa shape index (κ1) is 16.8. The highest BCUT2D eigenvalue weighted by Crippen LogP contribution is 2.66. The largest absolute Gasteiger partial charge is 0.393 e. The number of hydrogen-bond donors (Lipinski definition) is 2. The summed E-state index contributed by atoms with van der Waals surface area (Å²) >= 11 is 0. The van der Waals surface area contributed by atoms with Gasteiger partial charge in [-0.2, -0.15) is 0 Å². The maximum Gasteiger partial charge on any atom is 0.155 e. The first-order chi connectivity index (χ1) is 11.3. The third-order valence-corrected chi connectivity index (χ3v) is 8.55. The Kier molecular flexibility index (Phi) is 3.78. The monoisotopic (exact) mass is 332 g/mol. The van der Waals surface area contributed by atoms with Crippen LogP contribution in [-0.4, -0.2) is 28.2 Å². The molecule has 24 heavy (non-hydrogen) atoms. The molecule has 3 nitrogen and oxygen atoms in total. The molecule has 4 rings (SSSR count). The van der Waals surface area contributed by atoms with Crippen molar-refractivity contribution in [3.8, 4) is 0 Å². The summed E-state index contributed by atoms with van der Waals surface area (Å²) in [5.74, 6) is 2.03. The Balaban J connectivity index is 1.71. The summed E-state index contributed by atoms with van der Waals surface area (Å²) in [7, 11) is 0. The minimum absolute atomic E-state index is 0.000487. The smallest absolute Gasteiger partial charge is 0.155 e. The van der Waals surface area contributed by atoms with E-state index in [2.05, 4.69) is 13.8 Å². The van der Waals surface area contributed by atoms with Crippen molar-refractivity contribution in [2.75, 3.05) is 0 Å². The molecule has 3 saturated carbocycles. The standard InChI is InChI=1S/C21H32O3/c1-12(22)16-6-7-17-15-5-4-13-10-14(23)8-9-20(13,2)19(15)18(24)11-21(16,17)3/h10,12,15-19,22,24H,4-9,11H2,1-3H3/t12?,15?,16?,17?,18-,19?,20-,21+/m0/s1. The number of carbonyl (C=O) groups is 1. The van der Waals surface area contributed by atoms with E-state index in [1.807, 2.05) is 13.0 Å². The number of carbonyl (C=O) groups excluding carboxylic acids is 1. The van der Waals surface area contributed by atoms with Crippen molar-refractivity contribution in [1.82, 2.24) is 0 Å². The van der Waals surface area contributed by atoms with Crippen LogP contribution in [0.15, 0.2) is 11.6 Å². The molecule has 0 aromatic heterocycles. The summed E-state index contributed by atoms with van der Waals surface area (Å²) in [5.41, 5.74) is 1.37. The molecule has 3 fully saturated rings. The third-order valence-electron chi connectivity index (χ3n) is 8.55. The molecule has 8 atom stereocenters. The number of aliphatic hydroxyl groups is 2. The van der Waals surface area contributed by atoms with Gasteiger partial charge in [-0.3, -0.25) is 4.79 Å². The molecule has 0 heterocycles. The Morgan fingerprint density at radius 3 is 2.67 bits per heavy atom. The highest BCUT2D eigenvalue weighted by atomic mass is 16.3. The van der Waals surface area contributed by atoms with Gasteiger partial charge in [0.2, 0.25) is 0 Å². The average Bonchev–Trinajstić information content (AvgIpc) is 2.84. The van der Waals surface area contributed by atoms with Crippen LogP contribution in [0.25, 0.3) is 0 Å². The van der Waals surface area contributed by atoms with Crippen molar-refractivity contribution in [3.63, 3.8) is 0 Å². The van der Waals surface area contributed by atoms with Crippen molar-refractivity contribution in [1.29, 1.82) is 0 Å². The normalized spacial score (nSPS) is 52.1. The highest BCUT2D eigenvalue weighted by molar-refractivity contribution is 5.91. The highest BCUT2D eigenvalue weighted by Gasteiger charge is 2.62. The zero-order valence-corrected chi connectivity index (χ0v) is 15.3. The molecule has 134 valence electrons. The van der Waals surface area contributed by atoms with Crippen molar-refractivity contribution in [2.45, 2.75) is 77.9 Å². The molecule has 2 N–H and O–H groups in total. The van der Waals surface area contributed by atoms with Gasteiger partial charge < -0.3 is 10.2 Å². The van der Waals surface area contributed by atoms with Crippen LogP contribution in [0.4, 0.5) is 0 Å². The summed E-state index contributed by atoms with van der Waals surface area (Å²) in [4.78, 5) is 11.9. The SMILES string of the molecule is CC(O)C1CCC2C3CCC4=CC(=O)CC[C@]4(C)C3[C@@H](O)C[C@]12C. The second-order valence-corrected chi connectivity index (χ2v) is 9.59. The van der Waals surface area contributed by atoms with Gasteiger partial charge in [-0.1, -0.05) is 19.4 Å². The van der Waals surface area contributed by atoms with Crippen molar-refractivity contribution in [2.24, 2.45) is 34.5 Å². The van der Waals surface area contributed by atoms with Crippen LogP contribution in [0.1, 0.15) is 65.7 Å². The molecule has 5 unspecified atom stereocenters. The second-order valence-electron chi connectivity index (χ2n) is 9.59. The third kappa shape index (κ3) is 2.13. The van der Waals surface area contributed by atoms with E-state index in [9.17, 15) is 15.0 Å².